The number of ether oxygens (including phenoxy) is 2. The highest BCUT2D eigenvalue weighted by atomic mass is 79.9. The molecule has 2 aliphatic heterocycles. The van der Waals surface area contributed by atoms with Gasteiger partial charge in [-0.1, -0.05) is 6.07 Å². The van der Waals surface area contributed by atoms with Crippen LogP contribution in [0.1, 0.15) is 11.1 Å². The first-order chi connectivity index (χ1) is 13.1. The standard InChI is InChI=1S/C19H12BrFN4O2/c20-11-7-14-17(24-8-11)27-15-4-3-10(12-2-1-5-23-16(12)21)6-13(15)19(14)9-26-18(22)25-19/h1-8H,9H2,(H2,22,25)/t19-/m0/s1. The van der Waals surface area contributed by atoms with Gasteiger partial charge in [0.15, 0.2) is 5.54 Å². The minimum Gasteiger partial charge on any atom is -0.462 e. The molecule has 8 heteroatoms. The van der Waals surface area contributed by atoms with Crippen LogP contribution in [-0.2, 0) is 10.3 Å². The fourth-order valence-corrected chi connectivity index (χ4v) is 3.80. The highest BCUT2D eigenvalue weighted by Gasteiger charge is 2.47. The van der Waals surface area contributed by atoms with Gasteiger partial charge in [-0.15, -0.1) is 0 Å². The van der Waals surface area contributed by atoms with Crippen LogP contribution in [-0.4, -0.2) is 22.6 Å². The van der Waals surface area contributed by atoms with Crippen LogP contribution in [0.5, 0.6) is 11.6 Å². The van der Waals surface area contributed by atoms with E-state index in [1.165, 1.54) is 6.20 Å². The molecule has 6 nitrogen and oxygen atoms in total. The number of hydrogen-bond donors (Lipinski definition) is 1. The van der Waals surface area contributed by atoms with Crippen molar-refractivity contribution >= 4 is 22.0 Å². The summed E-state index contributed by atoms with van der Waals surface area (Å²) in [5.74, 6) is 0.471. The van der Waals surface area contributed by atoms with E-state index in [9.17, 15) is 4.39 Å². The number of nitrogens with two attached hydrogens (primary N) is 1. The molecule has 0 saturated carbocycles. The molecule has 3 aromatic rings. The van der Waals surface area contributed by atoms with Crippen molar-refractivity contribution in [2.45, 2.75) is 5.54 Å². The topological polar surface area (TPSA) is 82.6 Å². The van der Waals surface area contributed by atoms with Gasteiger partial charge in [0.05, 0.1) is 5.56 Å². The number of pyridine rings is 2. The maximum Gasteiger partial charge on any atom is 0.283 e. The maximum atomic E-state index is 14.2. The number of aromatic nitrogens is 2. The van der Waals surface area contributed by atoms with E-state index in [1.54, 1.807) is 30.5 Å². The van der Waals surface area contributed by atoms with E-state index >= 15 is 0 Å². The molecule has 0 aliphatic carbocycles. The molecule has 2 aliphatic rings. The van der Waals surface area contributed by atoms with Gasteiger partial charge in [0.2, 0.25) is 11.8 Å². The van der Waals surface area contributed by atoms with Crippen molar-refractivity contribution in [3.05, 3.63) is 70.3 Å². The highest BCUT2D eigenvalue weighted by molar-refractivity contribution is 9.10. The van der Waals surface area contributed by atoms with Gasteiger partial charge in [0.25, 0.3) is 6.02 Å². The lowest BCUT2D eigenvalue weighted by Crippen LogP contribution is -2.31. The lowest BCUT2D eigenvalue weighted by Gasteiger charge is -2.33. The van der Waals surface area contributed by atoms with E-state index in [1.807, 2.05) is 12.1 Å². The van der Waals surface area contributed by atoms with Crippen molar-refractivity contribution in [1.29, 1.82) is 0 Å². The van der Waals surface area contributed by atoms with Gasteiger partial charge in [-0.3, -0.25) is 0 Å². The monoisotopic (exact) mass is 426 g/mol. The summed E-state index contributed by atoms with van der Waals surface area (Å²) in [6.45, 7) is 0.208. The van der Waals surface area contributed by atoms with Crippen LogP contribution in [0, 0.1) is 5.95 Å². The average Bonchev–Trinajstić information content (AvgIpc) is 3.06. The molecule has 4 heterocycles. The molecule has 1 atom stereocenters. The Hall–Kier alpha value is -3.00. The van der Waals surface area contributed by atoms with Crippen molar-refractivity contribution in [3.8, 4) is 22.8 Å². The van der Waals surface area contributed by atoms with Crippen molar-refractivity contribution < 1.29 is 13.9 Å². The minimum absolute atomic E-state index is 0.0896. The zero-order valence-corrected chi connectivity index (χ0v) is 15.4. The number of nitrogens with zero attached hydrogens (tertiary/aromatic N) is 3. The average molecular weight is 427 g/mol. The van der Waals surface area contributed by atoms with Gasteiger partial charge >= 0.3 is 0 Å². The summed E-state index contributed by atoms with van der Waals surface area (Å²) in [5, 5.41) is 0. The lowest BCUT2D eigenvalue weighted by molar-refractivity contribution is 0.262. The second-order valence-electron chi connectivity index (χ2n) is 6.26. The lowest BCUT2D eigenvalue weighted by atomic mass is 9.81. The maximum absolute atomic E-state index is 14.2. The van der Waals surface area contributed by atoms with E-state index in [0.29, 0.717) is 22.8 Å². The number of halogens is 2. The summed E-state index contributed by atoms with van der Waals surface area (Å²) in [5.41, 5.74) is 7.46. The molecule has 1 spiro atoms. The minimum atomic E-state index is -0.904. The molecule has 0 saturated heterocycles. The molecular formula is C19H12BrFN4O2. The molecule has 0 fully saturated rings. The van der Waals surface area contributed by atoms with Crippen LogP contribution >= 0.6 is 15.9 Å². The molecule has 0 unspecified atom stereocenters. The molecule has 2 N–H and O–H groups in total. The zero-order chi connectivity index (χ0) is 18.6. The fraction of sp³-hybridized carbons (Fsp3) is 0.105. The Morgan fingerprint density at radius 2 is 2.04 bits per heavy atom. The number of amidine groups is 1. The third-order valence-corrected chi connectivity index (χ3v) is 5.13. The van der Waals surface area contributed by atoms with Gasteiger partial charge in [-0.05, 0) is 51.8 Å². The van der Waals surface area contributed by atoms with Crippen LogP contribution in [0.2, 0.25) is 0 Å². The Kier molecular flexibility index (Phi) is 3.45. The molecule has 5 rings (SSSR count). The first-order valence-corrected chi connectivity index (χ1v) is 8.93. The number of fused-ring (bicyclic) bond motifs is 4. The van der Waals surface area contributed by atoms with Crippen LogP contribution in [0.3, 0.4) is 0 Å². The molecule has 0 radical (unpaired) electrons. The second-order valence-corrected chi connectivity index (χ2v) is 7.18. The fourth-order valence-electron chi connectivity index (χ4n) is 3.47. The van der Waals surface area contributed by atoms with Crippen LogP contribution in [0.25, 0.3) is 11.1 Å². The van der Waals surface area contributed by atoms with E-state index in [2.05, 4.69) is 30.9 Å². The summed E-state index contributed by atoms with van der Waals surface area (Å²) < 4.78 is 26.5. The van der Waals surface area contributed by atoms with Gasteiger partial charge in [0, 0.05) is 28.0 Å². The normalized spacial score (nSPS) is 19.7. The predicted octanol–water partition coefficient (Wildman–Crippen LogP) is 3.74. The molecule has 0 amide bonds. The summed E-state index contributed by atoms with van der Waals surface area (Å²) in [4.78, 5) is 12.7. The quantitative estimate of drug-likeness (QED) is 0.599. The third kappa shape index (κ3) is 2.40. The van der Waals surface area contributed by atoms with E-state index in [-0.39, 0.29) is 12.6 Å². The Morgan fingerprint density at radius 1 is 1.15 bits per heavy atom. The number of aliphatic imine (C=N–C) groups is 1. The SMILES string of the molecule is NC1=N[C@@]2(CO1)c1cc(-c3cccnc3F)ccc1Oc1ncc(Br)cc12. The van der Waals surface area contributed by atoms with Crippen molar-refractivity contribution in [3.63, 3.8) is 0 Å². The van der Waals surface area contributed by atoms with Crippen molar-refractivity contribution in [2.75, 3.05) is 6.61 Å². The molecule has 134 valence electrons. The summed E-state index contributed by atoms with van der Waals surface area (Å²) >= 11 is 3.44. The van der Waals surface area contributed by atoms with Crippen molar-refractivity contribution in [2.24, 2.45) is 10.7 Å². The van der Waals surface area contributed by atoms with Gasteiger partial charge in [0.1, 0.15) is 12.4 Å². The number of rotatable bonds is 1. The Balaban J connectivity index is 1.76. The van der Waals surface area contributed by atoms with Crippen LogP contribution in [0.15, 0.2) is 58.3 Å². The highest BCUT2D eigenvalue weighted by Crippen LogP contribution is 2.51. The van der Waals surface area contributed by atoms with E-state index < -0.39 is 11.5 Å². The third-order valence-electron chi connectivity index (χ3n) is 4.70. The first-order valence-electron chi connectivity index (χ1n) is 8.14. The predicted molar refractivity (Wildman–Crippen MR) is 100.0 cm³/mol. The van der Waals surface area contributed by atoms with Crippen LogP contribution in [0.4, 0.5) is 4.39 Å². The van der Waals surface area contributed by atoms with E-state index in [4.69, 9.17) is 15.2 Å². The molecular weight excluding hydrogens is 415 g/mol. The summed E-state index contributed by atoms with van der Waals surface area (Å²) in [6.07, 6.45) is 3.07. The Morgan fingerprint density at radius 3 is 2.81 bits per heavy atom. The molecule has 1 aromatic carbocycles. The van der Waals surface area contributed by atoms with Crippen molar-refractivity contribution in [1.82, 2.24) is 9.97 Å². The molecule has 2 aromatic heterocycles. The second kappa shape index (κ2) is 5.75. The zero-order valence-electron chi connectivity index (χ0n) is 13.8. The van der Waals surface area contributed by atoms with Gasteiger partial charge in [-0.25, -0.2) is 15.0 Å². The van der Waals surface area contributed by atoms with E-state index in [0.717, 1.165) is 15.6 Å². The van der Waals surface area contributed by atoms with Gasteiger partial charge < -0.3 is 15.2 Å². The largest absolute Gasteiger partial charge is 0.462 e. The Labute approximate surface area is 162 Å². The smallest absolute Gasteiger partial charge is 0.283 e. The van der Waals surface area contributed by atoms with Gasteiger partial charge in [-0.2, -0.15) is 4.39 Å². The summed E-state index contributed by atoms with van der Waals surface area (Å²) in [6, 6.07) is 10.7. The van der Waals surface area contributed by atoms with Crippen LogP contribution < -0.4 is 10.5 Å². The molecule has 0 bridgehead atoms. The molecule has 27 heavy (non-hydrogen) atoms. The number of hydrogen-bond acceptors (Lipinski definition) is 6. The Bertz CT molecular complexity index is 1120. The summed E-state index contributed by atoms with van der Waals surface area (Å²) in [7, 11) is 0. The number of benzene rings is 1. The first kappa shape index (κ1) is 16.2.